The second-order valence-corrected chi connectivity index (χ2v) is 5.68. The van der Waals surface area contributed by atoms with Gasteiger partial charge in [-0.2, -0.15) is 5.26 Å². The Balaban J connectivity index is 1.62. The summed E-state index contributed by atoms with van der Waals surface area (Å²) in [6.45, 7) is 2.17. The maximum absolute atomic E-state index is 13.7. The number of rotatable bonds is 3. The molecule has 3 rings (SSSR count). The van der Waals surface area contributed by atoms with E-state index in [1.807, 2.05) is 23.1 Å². The van der Waals surface area contributed by atoms with Gasteiger partial charge in [-0.05, 0) is 29.8 Å². The van der Waals surface area contributed by atoms with E-state index in [0.29, 0.717) is 31.9 Å². The first kappa shape index (κ1) is 16.7. The fourth-order valence-electron chi connectivity index (χ4n) is 2.80. The second-order valence-electron chi connectivity index (χ2n) is 5.68. The first-order valence-electron chi connectivity index (χ1n) is 7.99. The molecule has 0 spiro atoms. The summed E-state index contributed by atoms with van der Waals surface area (Å²) >= 11 is 0. The molecule has 126 valence electrons. The third kappa shape index (κ3) is 3.83. The molecule has 25 heavy (non-hydrogen) atoms. The lowest BCUT2D eigenvalue weighted by Gasteiger charge is -2.36. The molecule has 2 aromatic rings. The van der Waals surface area contributed by atoms with Gasteiger partial charge in [-0.15, -0.1) is 0 Å². The van der Waals surface area contributed by atoms with Crippen molar-refractivity contribution < 1.29 is 9.18 Å². The fraction of sp³-hybridized carbons (Fsp3) is 0.211. The molecule has 0 N–H and O–H groups in total. The highest BCUT2D eigenvalue weighted by Crippen LogP contribution is 2.23. The van der Waals surface area contributed by atoms with Gasteiger partial charge in [-0.25, -0.2) is 4.39 Å². The first-order chi connectivity index (χ1) is 12.2. The van der Waals surface area contributed by atoms with Crippen molar-refractivity contribution in [3.05, 3.63) is 65.7 Å². The van der Waals surface area contributed by atoms with Crippen LogP contribution in [0.1, 0.15) is 11.1 Å². The van der Waals surface area contributed by atoms with Gasteiger partial charge in [-0.3, -0.25) is 9.78 Å². The highest BCUT2D eigenvalue weighted by atomic mass is 19.1. The van der Waals surface area contributed by atoms with Crippen molar-refractivity contribution in [1.82, 2.24) is 9.88 Å². The molecule has 0 radical (unpaired) electrons. The number of pyridine rings is 1. The standard InChI is InChI=1S/C19H17FN4O/c20-17-4-1-5-18(16(17)13-21)23-9-11-24(12-10-23)19(25)7-6-15-3-2-8-22-14-15/h1-8,14H,9-12H2. The second kappa shape index (κ2) is 7.58. The van der Waals surface area contributed by atoms with Crippen molar-refractivity contribution in [2.24, 2.45) is 0 Å². The number of piperazine rings is 1. The van der Waals surface area contributed by atoms with Crippen molar-refractivity contribution in [2.75, 3.05) is 31.1 Å². The summed E-state index contributed by atoms with van der Waals surface area (Å²) in [5.74, 6) is -0.582. The molecule has 0 atom stereocenters. The molecule has 1 saturated heterocycles. The number of aromatic nitrogens is 1. The van der Waals surface area contributed by atoms with E-state index in [9.17, 15) is 9.18 Å². The zero-order valence-corrected chi connectivity index (χ0v) is 13.6. The number of carbonyl (C=O) groups excluding carboxylic acids is 1. The normalized spacial score (nSPS) is 14.6. The number of nitrogens with zero attached hydrogens (tertiary/aromatic N) is 4. The number of hydrogen-bond donors (Lipinski definition) is 0. The summed E-state index contributed by atoms with van der Waals surface area (Å²) in [7, 11) is 0. The Hall–Kier alpha value is -3.20. The maximum Gasteiger partial charge on any atom is 0.246 e. The van der Waals surface area contributed by atoms with Crippen LogP contribution >= 0.6 is 0 Å². The minimum absolute atomic E-state index is 0.0544. The topological polar surface area (TPSA) is 60.2 Å². The molecule has 6 heteroatoms. The average molecular weight is 336 g/mol. The Kier molecular flexibility index (Phi) is 5.05. The molecule has 0 saturated carbocycles. The van der Waals surface area contributed by atoms with Crippen LogP contribution < -0.4 is 4.90 Å². The van der Waals surface area contributed by atoms with Gasteiger partial charge in [0.2, 0.25) is 5.91 Å². The van der Waals surface area contributed by atoms with E-state index in [0.717, 1.165) is 5.56 Å². The van der Waals surface area contributed by atoms with Crippen molar-refractivity contribution in [3.8, 4) is 6.07 Å². The minimum Gasteiger partial charge on any atom is -0.367 e. The molecule has 1 aliphatic heterocycles. The molecular weight excluding hydrogens is 319 g/mol. The van der Waals surface area contributed by atoms with Gasteiger partial charge >= 0.3 is 0 Å². The van der Waals surface area contributed by atoms with Crippen molar-refractivity contribution in [3.63, 3.8) is 0 Å². The first-order valence-corrected chi connectivity index (χ1v) is 7.99. The number of anilines is 1. The Labute approximate surface area is 145 Å². The Morgan fingerprint density at radius 2 is 2.00 bits per heavy atom. The van der Waals surface area contributed by atoms with E-state index < -0.39 is 5.82 Å². The molecule has 1 fully saturated rings. The average Bonchev–Trinajstić information content (AvgIpc) is 2.67. The van der Waals surface area contributed by atoms with Crippen LogP contribution in [0, 0.1) is 17.1 Å². The monoisotopic (exact) mass is 336 g/mol. The van der Waals surface area contributed by atoms with Crippen LogP contribution in [-0.4, -0.2) is 42.0 Å². The van der Waals surface area contributed by atoms with Crippen molar-refractivity contribution >= 4 is 17.7 Å². The zero-order valence-electron chi connectivity index (χ0n) is 13.6. The quantitative estimate of drug-likeness (QED) is 0.808. The van der Waals surface area contributed by atoms with Crippen LogP contribution in [-0.2, 0) is 4.79 Å². The van der Waals surface area contributed by atoms with E-state index in [4.69, 9.17) is 5.26 Å². The van der Waals surface area contributed by atoms with Gasteiger partial charge in [0, 0.05) is 44.6 Å². The molecule has 5 nitrogen and oxygen atoms in total. The largest absolute Gasteiger partial charge is 0.367 e. The molecule has 1 amide bonds. The third-order valence-electron chi connectivity index (χ3n) is 4.14. The molecular formula is C19H17FN4O. The van der Waals surface area contributed by atoms with E-state index in [1.54, 1.807) is 35.5 Å². The van der Waals surface area contributed by atoms with Crippen LogP contribution in [0.3, 0.4) is 0 Å². The van der Waals surface area contributed by atoms with Crippen LogP contribution in [0.25, 0.3) is 6.08 Å². The van der Waals surface area contributed by atoms with Gasteiger partial charge in [0.25, 0.3) is 0 Å². The fourth-order valence-corrected chi connectivity index (χ4v) is 2.80. The number of hydrogen-bond acceptors (Lipinski definition) is 4. The van der Waals surface area contributed by atoms with Crippen LogP contribution in [0.4, 0.5) is 10.1 Å². The highest BCUT2D eigenvalue weighted by Gasteiger charge is 2.22. The Morgan fingerprint density at radius 1 is 1.20 bits per heavy atom. The number of nitriles is 1. The smallest absolute Gasteiger partial charge is 0.246 e. The predicted octanol–water partition coefficient (Wildman–Crippen LogP) is 2.45. The lowest BCUT2D eigenvalue weighted by Crippen LogP contribution is -2.48. The number of carbonyl (C=O) groups is 1. The van der Waals surface area contributed by atoms with E-state index in [1.165, 1.54) is 12.1 Å². The summed E-state index contributed by atoms with van der Waals surface area (Å²) < 4.78 is 13.7. The van der Waals surface area contributed by atoms with Gasteiger partial charge in [0.05, 0.1) is 5.69 Å². The van der Waals surface area contributed by atoms with Crippen LogP contribution in [0.2, 0.25) is 0 Å². The SMILES string of the molecule is N#Cc1c(F)cccc1N1CCN(C(=O)C=Cc2cccnc2)CC1. The number of benzene rings is 1. The minimum atomic E-state index is -0.516. The van der Waals surface area contributed by atoms with E-state index in [-0.39, 0.29) is 11.5 Å². The van der Waals surface area contributed by atoms with Gasteiger partial charge in [0.15, 0.2) is 0 Å². The van der Waals surface area contributed by atoms with Crippen LogP contribution in [0.5, 0.6) is 0 Å². The molecule has 0 aliphatic carbocycles. The van der Waals surface area contributed by atoms with Gasteiger partial charge in [0.1, 0.15) is 17.4 Å². The van der Waals surface area contributed by atoms with Crippen LogP contribution in [0.15, 0.2) is 48.8 Å². The lowest BCUT2D eigenvalue weighted by atomic mass is 10.1. The molecule has 2 heterocycles. The van der Waals surface area contributed by atoms with Gasteiger partial charge in [-0.1, -0.05) is 12.1 Å². The Morgan fingerprint density at radius 3 is 2.68 bits per heavy atom. The molecule has 1 aromatic heterocycles. The molecule has 0 bridgehead atoms. The Bertz CT molecular complexity index is 821. The van der Waals surface area contributed by atoms with E-state index in [2.05, 4.69) is 4.98 Å². The number of amides is 1. The zero-order chi connectivity index (χ0) is 17.6. The maximum atomic E-state index is 13.7. The molecule has 1 aliphatic rings. The van der Waals surface area contributed by atoms with Gasteiger partial charge < -0.3 is 9.80 Å². The molecule has 1 aromatic carbocycles. The summed E-state index contributed by atoms with van der Waals surface area (Å²) in [5.41, 5.74) is 1.51. The lowest BCUT2D eigenvalue weighted by molar-refractivity contribution is -0.126. The highest BCUT2D eigenvalue weighted by molar-refractivity contribution is 5.91. The van der Waals surface area contributed by atoms with Crippen molar-refractivity contribution in [2.45, 2.75) is 0 Å². The predicted molar refractivity (Wildman–Crippen MR) is 93.2 cm³/mol. The number of halogens is 1. The molecule has 0 unspecified atom stereocenters. The summed E-state index contributed by atoms with van der Waals surface area (Å²) in [4.78, 5) is 20.0. The summed E-state index contributed by atoms with van der Waals surface area (Å²) in [6, 6.07) is 10.2. The third-order valence-corrected chi connectivity index (χ3v) is 4.14. The summed E-state index contributed by atoms with van der Waals surface area (Å²) in [6.07, 6.45) is 6.65. The van der Waals surface area contributed by atoms with E-state index >= 15 is 0 Å². The van der Waals surface area contributed by atoms with Crippen molar-refractivity contribution in [1.29, 1.82) is 5.26 Å². The summed E-state index contributed by atoms with van der Waals surface area (Å²) in [5, 5.41) is 9.15.